The van der Waals surface area contributed by atoms with Crippen LogP contribution >= 0.6 is 0 Å². The lowest BCUT2D eigenvalue weighted by Crippen LogP contribution is -2.50. The number of rotatable bonds is 4. The van der Waals surface area contributed by atoms with Gasteiger partial charge in [-0.25, -0.2) is 19.5 Å². The average molecular weight is 460 g/mol. The number of hydrogen-bond acceptors (Lipinski definition) is 7. The SMILES string of the molecule is Cc1nc2ccc(-c3ccn4nc(N[C@H]5CC[C@@H](N6CCN(C)CC6)CC5)ncc34)nc2n1C. The third-order valence-corrected chi connectivity index (χ3v) is 7.72. The van der Waals surface area contributed by atoms with Crippen LogP contribution in [0.15, 0.2) is 30.6 Å². The smallest absolute Gasteiger partial charge is 0.241 e. The first kappa shape index (κ1) is 21.5. The number of nitrogens with one attached hydrogen (secondary N) is 1. The minimum atomic E-state index is 0.438. The maximum Gasteiger partial charge on any atom is 0.241 e. The zero-order chi connectivity index (χ0) is 23.2. The molecule has 178 valence electrons. The highest BCUT2D eigenvalue weighted by Gasteiger charge is 2.28. The Bertz CT molecular complexity index is 1310. The molecule has 9 nitrogen and oxygen atoms in total. The van der Waals surface area contributed by atoms with E-state index in [2.05, 4.69) is 38.2 Å². The molecule has 1 saturated carbocycles. The maximum absolute atomic E-state index is 4.86. The van der Waals surface area contributed by atoms with Gasteiger partial charge in [-0.05, 0) is 57.9 Å². The van der Waals surface area contributed by atoms with Gasteiger partial charge < -0.3 is 14.8 Å². The van der Waals surface area contributed by atoms with E-state index >= 15 is 0 Å². The number of anilines is 1. The number of aromatic nitrogens is 6. The topological polar surface area (TPSA) is 79.4 Å². The van der Waals surface area contributed by atoms with Crippen LogP contribution in [-0.2, 0) is 7.05 Å². The third-order valence-electron chi connectivity index (χ3n) is 7.72. The largest absolute Gasteiger partial charge is 0.350 e. The van der Waals surface area contributed by atoms with Crippen molar-refractivity contribution in [1.29, 1.82) is 0 Å². The van der Waals surface area contributed by atoms with Crippen LogP contribution in [0.25, 0.3) is 27.9 Å². The van der Waals surface area contributed by atoms with Gasteiger partial charge in [0.05, 0.1) is 17.4 Å². The van der Waals surface area contributed by atoms with Gasteiger partial charge in [0.15, 0.2) is 5.65 Å². The van der Waals surface area contributed by atoms with Gasteiger partial charge in [-0.15, -0.1) is 5.10 Å². The summed E-state index contributed by atoms with van der Waals surface area (Å²) in [5.41, 5.74) is 4.69. The molecule has 1 aliphatic heterocycles. The Kier molecular flexibility index (Phi) is 5.45. The summed E-state index contributed by atoms with van der Waals surface area (Å²) in [7, 11) is 4.22. The molecule has 2 aliphatic rings. The molecule has 9 heteroatoms. The molecule has 0 atom stereocenters. The Balaban J connectivity index is 1.14. The van der Waals surface area contributed by atoms with Crippen molar-refractivity contribution in [2.45, 2.75) is 44.7 Å². The van der Waals surface area contributed by atoms with E-state index in [1.54, 1.807) is 0 Å². The fraction of sp³-hybridized carbons (Fsp3) is 0.520. The molecule has 0 unspecified atom stereocenters. The number of hydrogen-bond donors (Lipinski definition) is 1. The molecule has 0 radical (unpaired) electrons. The van der Waals surface area contributed by atoms with Crippen LogP contribution in [0, 0.1) is 6.92 Å². The molecule has 1 N–H and O–H groups in total. The number of imidazole rings is 1. The summed E-state index contributed by atoms with van der Waals surface area (Å²) in [6.45, 7) is 6.79. The molecule has 4 aromatic rings. The van der Waals surface area contributed by atoms with Crippen molar-refractivity contribution in [3.05, 3.63) is 36.4 Å². The number of piperazine rings is 1. The van der Waals surface area contributed by atoms with Crippen LogP contribution in [0.1, 0.15) is 31.5 Å². The zero-order valence-electron chi connectivity index (χ0n) is 20.3. The molecule has 4 aromatic heterocycles. The highest BCUT2D eigenvalue weighted by molar-refractivity contribution is 5.82. The second kappa shape index (κ2) is 8.63. The second-order valence-electron chi connectivity index (χ2n) is 9.89. The van der Waals surface area contributed by atoms with Gasteiger partial charge in [0.25, 0.3) is 0 Å². The molecule has 0 aromatic carbocycles. The van der Waals surface area contributed by atoms with E-state index < -0.39 is 0 Å². The average Bonchev–Trinajstić information content (AvgIpc) is 3.40. The van der Waals surface area contributed by atoms with E-state index in [4.69, 9.17) is 10.1 Å². The van der Waals surface area contributed by atoms with Gasteiger partial charge in [0, 0.05) is 57.1 Å². The van der Waals surface area contributed by atoms with Crippen molar-refractivity contribution in [3.8, 4) is 11.3 Å². The van der Waals surface area contributed by atoms with E-state index in [1.807, 2.05) is 47.6 Å². The Hall–Kier alpha value is -3.04. The first-order valence-electron chi connectivity index (χ1n) is 12.4. The molecule has 1 aliphatic carbocycles. The van der Waals surface area contributed by atoms with Crippen LogP contribution in [-0.4, -0.2) is 84.2 Å². The molecule has 0 bridgehead atoms. The van der Waals surface area contributed by atoms with E-state index in [0.29, 0.717) is 12.0 Å². The van der Waals surface area contributed by atoms with Crippen LogP contribution in [0.4, 0.5) is 5.95 Å². The molecule has 5 heterocycles. The van der Waals surface area contributed by atoms with Crippen molar-refractivity contribution in [2.75, 3.05) is 38.5 Å². The number of aryl methyl sites for hydroxylation is 2. The minimum absolute atomic E-state index is 0.438. The Labute approximate surface area is 199 Å². The minimum Gasteiger partial charge on any atom is -0.350 e. The van der Waals surface area contributed by atoms with Gasteiger partial charge in [-0.2, -0.15) is 0 Å². The Morgan fingerprint density at radius 2 is 1.74 bits per heavy atom. The van der Waals surface area contributed by atoms with E-state index in [-0.39, 0.29) is 0 Å². The Morgan fingerprint density at radius 3 is 2.53 bits per heavy atom. The molecule has 6 rings (SSSR count). The summed E-state index contributed by atoms with van der Waals surface area (Å²) < 4.78 is 3.93. The lowest BCUT2D eigenvalue weighted by molar-refractivity contribution is 0.0893. The highest BCUT2D eigenvalue weighted by Crippen LogP contribution is 2.28. The molecule has 0 amide bonds. The van der Waals surface area contributed by atoms with E-state index in [1.165, 1.54) is 51.9 Å². The first-order chi connectivity index (χ1) is 16.5. The van der Waals surface area contributed by atoms with Gasteiger partial charge in [-0.3, -0.25) is 4.90 Å². The summed E-state index contributed by atoms with van der Waals surface area (Å²) in [4.78, 5) is 19.2. The molecule has 2 fully saturated rings. The lowest BCUT2D eigenvalue weighted by atomic mass is 9.90. The molecular weight excluding hydrogens is 426 g/mol. The monoisotopic (exact) mass is 459 g/mol. The van der Waals surface area contributed by atoms with Crippen molar-refractivity contribution in [2.24, 2.45) is 7.05 Å². The molecule has 1 saturated heterocycles. The third kappa shape index (κ3) is 3.92. The summed E-state index contributed by atoms with van der Waals surface area (Å²) in [6.07, 6.45) is 8.73. The van der Waals surface area contributed by atoms with Crippen molar-refractivity contribution in [1.82, 2.24) is 38.9 Å². The van der Waals surface area contributed by atoms with E-state index in [9.17, 15) is 0 Å². The zero-order valence-corrected chi connectivity index (χ0v) is 20.3. The van der Waals surface area contributed by atoms with Crippen LogP contribution in [0.5, 0.6) is 0 Å². The second-order valence-corrected chi connectivity index (χ2v) is 9.89. The van der Waals surface area contributed by atoms with Crippen molar-refractivity contribution < 1.29 is 0 Å². The highest BCUT2D eigenvalue weighted by atomic mass is 15.3. The van der Waals surface area contributed by atoms with Gasteiger partial charge in [0.2, 0.25) is 5.95 Å². The number of pyridine rings is 1. The van der Waals surface area contributed by atoms with Crippen LogP contribution in [0.2, 0.25) is 0 Å². The molecule has 0 spiro atoms. The summed E-state index contributed by atoms with van der Waals surface area (Å²) in [5, 5.41) is 8.34. The molecule has 34 heavy (non-hydrogen) atoms. The van der Waals surface area contributed by atoms with Crippen LogP contribution < -0.4 is 5.32 Å². The van der Waals surface area contributed by atoms with Crippen LogP contribution in [0.3, 0.4) is 0 Å². The first-order valence-corrected chi connectivity index (χ1v) is 12.4. The summed E-state index contributed by atoms with van der Waals surface area (Å²) >= 11 is 0. The standard InChI is InChI=1S/C25H33N9/c1-17-27-22-9-8-21(29-24(22)32(17)3)20-10-11-34-23(20)16-26-25(30-34)28-18-4-6-19(7-5-18)33-14-12-31(2)13-15-33/h8-11,16,18-19H,4-7,12-15H2,1-3H3,(H,28,30)/t18-,19+. The maximum atomic E-state index is 4.86. The predicted octanol–water partition coefficient (Wildman–Crippen LogP) is 2.96. The van der Waals surface area contributed by atoms with Gasteiger partial charge in [0.1, 0.15) is 11.3 Å². The number of likely N-dealkylation sites (N-methyl/N-ethyl adjacent to an activating group) is 1. The van der Waals surface area contributed by atoms with Crippen molar-refractivity contribution in [3.63, 3.8) is 0 Å². The Morgan fingerprint density at radius 1 is 0.941 bits per heavy atom. The number of fused-ring (bicyclic) bond motifs is 2. The quantitative estimate of drug-likeness (QED) is 0.503. The van der Waals surface area contributed by atoms with Gasteiger partial charge >= 0.3 is 0 Å². The summed E-state index contributed by atoms with van der Waals surface area (Å²) in [5.74, 6) is 1.65. The fourth-order valence-corrected chi connectivity index (χ4v) is 5.47. The lowest BCUT2D eigenvalue weighted by Gasteiger charge is -2.41. The summed E-state index contributed by atoms with van der Waals surface area (Å²) in [6, 6.07) is 7.29. The predicted molar refractivity (Wildman–Crippen MR) is 134 cm³/mol. The fourth-order valence-electron chi connectivity index (χ4n) is 5.47. The van der Waals surface area contributed by atoms with Gasteiger partial charge in [-0.1, -0.05) is 0 Å². The molecular formula is C25H33N9. The van der Waals surface area contributed by atoms with E-state index in [0.717, 1.165) is 39.8 Å². The normalized spacial score (nSPS) is 22.6. The number of nitrogens with zero attached hydrogens (tertiary/aromatic N) is 8. The van der Waals surface area contributed by atoms with Crippen molar-refractivity contribution >= 4 is 22.6 Å².